The minimum absolute atomic E-state index is 0.0721. The van der Waals surface area contributed by atoms with Gasteiger partial charge < -0.3 is 4.74 Å². The fourth-order valence-electron chi connectivity index (χ4n) is 3.02. The number of Topliss-reactive ketones (excluding diaryl/α,β-unsaturated/α-hetero) is 1. The van der Waals surface area contributed by atoms with Gasteiger partial charge in [0, 0.05) is 25.1 Å². The van der Waals surface area contributed by atoms with Gasteiger partial charge in [0.25, 0.3) is 0 Å². The third-order valence-corrected chi connectivity index (χ3v) is 4.37. The van der Waals surface area contributed by atoms with E-state index in [0.717, 1.165) is 26.1 Å². The van der Waals surface area contributed by atoms with Crippen LogP contribution in [0.5, 0.6) is 0 Å². The second kappa shape index (κ2) is 8.18. The number of hydrogen-bond donors (Lipinski definition) is 0. The molecule has 0 saturated carbocycles. The summed E-state index contributed by atoms with van der Waals surface area (Å²) in [5, 5.41) is 0. The van der Waals surface area contributed by atoms with Crippen LogP contribution < -0.4 is 0 Å². The Hall–Kier alpha value is -2.04. The number of benzene rings is 2. The van der Waals surface area contributed by atoms with Crippen molar-refractivity contribution in [3.63, 3.8) is 0 Å². The van der Waals surface area contributed by atoms with Gasteiger partial charge >= 0.3 is 0 Å². The first-order valence-electron chi connectivity index (χ1n) is 8.40. The Kier molecular flexibility index (Phi) is 5.72. The SMILES string of the molecule is O=C(CCCN1CCO[C@H](c2ccccc2)C1)c1ccc(F)cc1. The Morgan fingerprint density at radius 1 is 1.12 bits per heavy atom. The molecule has 0 aliphatic carbocycles. The molecule has 0 bridgehead atoms. The molecule has 2 aromatic carbocycles. The molecule has 0 radical (unpaired) electrons. The minimum atomic E-state index is -0.313. The highest BCUT2D eigenvalue weighted by molar-refractivity contribution is 5.95. The van der Waals surface area contributed by atoms with Crippen LogP contribution in [0.25, 0.3) is 0 Å². The van der Waals surface area contributed by atoms with Crippen LogP contribution in [0.1, 0.15) is 34.9 Å². The molecule has 0 amide bonds. The van der Waals surface area contributed by atoms with Crippen LogP contribution in [0, 0.1) is 5.82 Å². The summed E-state index contributed by atoms with van der Waals surface area (Å²) in [6.45, 7) is 3.34. The van der Waals surface area contributed by atoms with Gasteiger partial charge in [0.2, 0.25) is 0 Å². The number of halogens is 1. The van der Waals surface area contributed by atoms with Crippen molar-refractivity contribution >= 4 is 5.78 Å². The molecule has 126 valence electrons. The molecular formula is C20H22FNO2. The van der Waals surface area contributed by atoms with Crippen LogP contribution in [0.2, 0.25) is 0 Å². The summed E-state index contributed by atoms with van der Waals surface area (Å²) in [4.78, 5) is 14.5. The molecule has 1 atom stereocenters. The number of carbonyl (C=O) groups excluding carboxylic acids is 1. The second-order valence-electron chi connectivity index (χ2n) is 6.10. The van der Waals surface area contributed by atoms with Crippen LogP contribution >= 0.6 is 0 Å². The van der Waals surface area contributed by atoms with E-state index in [-0.39, 0.29) is 17.7 Å². The third kappa shape index (κ3) is 4.49. The first-order valence-corrected chi connectivity index (χ1v) is 8.40. The number of ether oxygens (including phenoxy) is 1. The molecule has 1 fully saturated rings. The minimum Gasteiger partial charge on any atom is -0.371 e. The fourth-order valence-corrected chi connectivity index (χ4v) is 3.02. The molecule has 0 spiro atoms. The number of rotatable bonds is 6. The molecule has 1 aliphatic heterocycles. The molecule has 3 rings (SSSR count). The first-order chi connectivity index (χ1) is 11.7. The predicted molar refractivity (Wildman–Crippen MR) is 91.5 cm³/mol. The van der Waals surface area contributed by atoms with E-state index in [1.165, 1.54) is 17.7 Å². The van der Waals surface area contributed by atoms with Crippen LogP contribution in [0.3, 0.4) is 0 Å². The largest absolute Gasteiger partial charge is 0.371 e. The van der Waals surface area contributed by atoms with E-state index < -0.39 is 0 Å². The zero-order valence-electron chi connectivity index (χ0n) is 13.7. The van der Waals surface area contributed by atoms with Gasteiger partial charge in [0.1, 0.15) is 5.82 Å². The molecule has 24 heavy (non-hydrogen) atoms. The standard InChI is InChI=1S/C20H22FNO2/c21-18-10-8-16(9-11-18)19(23)7-4-12-22-13-14-24-20(15-22)17-5-2-1-3-6-17/h1-3,5-6,8-11,20H,4,7,12-15H2/t20-/m0/s1. The van der Waals surface area contributed by atoms with Gasteiger partial charge in [-0.05, 0) is 42.8 Å². The first kappa shape index (κ1) is 16.8. The Labute approximate surface area is 142 Å². The molecule has 0 N–H and O–H groups in total. The Bertz CT molecular complexity index is 657. The molecule has 1 aliphatic rings. The average Bonchev–Trinajstić information content (AvgIpc) is 2.63. The maximum Gasteiger partial charge on any atom is 0.162 e. The topological polar surface area (TPSA) is 29.5 Å². The Morgan fingerprint density at radius 3 is 2.62 bits per heavy atom. The lowest BCUT2D eigenvalue weighted by Crippen LogP contribution is -2.38. The van der Waals surface area contributed by atoms with Gasteiger partial charge in [-0.1, -0.05) is 30.3 Å². The number of hydrogen-bond acceptors (Lipinski definition) is 3. The highest BCUT2D eigenvalue weighted by atomic mass is 19.1. The highest BCUT2D eigenvalue weighted by Crippen LogP contribution is 2.22. The van der Waals surface area contributed by atoms with Crippen molar-refractivity contribution in [3.8, 4) is 0 Å². The van der Waals surface area contributed by atoms with Crippen LogP contribution in [-0.2, 0) is 4.74 Å². The summed E-state index contributed by atoms with van der Waals surface area (Å²) in [6, 6.07) is 16.0. The quantitative estimate of drug-likeness (QED) is 0.755. The van der Waals surface area contributed by atoms with Crippen LogP contribution in [0.15, 0.2) is 54.6 Å². The van der Waals surface area contributed by atoms with E-state index in [9.17, 15) is 9.18 Å². The van der Waals surface area contributed by atoms with Crippen molar-refractivity contribution < 1.29 is 13.9 Å². The number of morpholine rings is 1. The lowest BCUT2D eigenvalue weighted by atomic mass is 10.1. The summed E-state index contributed by atoms with van der Waals surface area (Å²) < 4.78 is 18.7. The molecule has 2 aromatic rings. The maximum absolute atomic E-state index is 12.9. The monoisotopic (exact) mass is 327 g/mol. The maximum atomic E-state index is 12.9. The van der Waals surface area contributed by atoms with Crippen molar-refractivity contribution in [2.24, 2.45) is 0 Å². The molecule has 1 heterocycles. The van der Waals surface area contributed by atoms with E-state index >= 15 is 0 Å². The number of ketones is 1. The summed E-state index contributed by atoms with van der Waals surface area (Å²) in [5.74, 6) is -0.241. The Morgan fingerprint density at radius 2 is 1.88 bits per heavy atom. The molecule has 1 saturated heterocycles. The van der Waals surface area contributed by atoms with Gasteiger partial charge in [0.15, 0.2) is 5.78 Å². The molecular weight excluding hydrogens is 305 g/mol. The lowest BCUT2D eigenvalue weighted by molar-refractivity contribution is -0.0302. The predicted octanol–water partition coefficient (Wildman–Crippen LogP) is 3.86. The van der Waals surface area contributed by atoms with Gasteiger partial charge in [0.05, 0.1) is 12.7 Å². The molecule has 3 nitrogen and oxygen atoms in total. The van der Waals surface area contributed by atoms with E-state index in [1.54, 1.807) is 12.1 Å². The summed E-state index contributed by atoms with van der Waals surface area (Å²) in [6.07, 6.45) is 1.39. The number of nitrogens with zero attached hydrogens (tertiary/aromatic N) is 1. The normalized spacial score (nSPS) is 18.5. The van der Waals surface area contributed by atoms with Crippen molar-refractivity contribution in [1.29, 1.82) is 0 Å². The number of carbonyl (C=O) groups is 1. The van der Waals surface area contributed by atoms with Crippen molar-refractivity contribution in [2.75, 3.05) is 26.2 Å². The average molecular weight is 327 g/mol. The van der Waals surface area contributed by atoms with Gasteiger partial charge in [-0.2, -0.15) is 0 Å². The van der Waals surface area contributed by atoms with Crippen molar-refractivity contribution in [2.45, 2.75) is 18.9 Å². The second-order valence-corrected chi connectivity index (χ2v) is 6.10. The summed E-state index contributed by atoms with van der Waals surface area (Å²) in [7, 11) is 0. The zero-order chi connectivity index (χ0) is 16.8. The highest BCUT2D eigenvalue weighted by Gasteiger charge is 2.21. The van der Waals surface area contributed by atoms with Crippen LogP contribution in [-0.4, -0.2) is 36.9 Å². The third-order valence-electron chi connectivity index (χ3n) is 4.37. The smallest absolute Gasteiger partial charge is 0.162 e. The van der Waals surface area contributed by atoms with E-state index in [2.05, 4.69) is 17.0 Å². The molecule has 0 aromatic heterocycles. The van der Waals surface area contributed by atoms with Crippen molar-refractivity contribution in [1.82, 2.24) is 4.90 Å². The van der Waals surface area contributed by atoms with Crippen molar-refractivity contribution in [3.05, 3.63) is 71.5 Å². The van der Waals surface area contributed by atoms with Gasteiger partial charge in [-0.25, -0.2) is 4.39 Å². The lowest BCUT2D eigenvalue weighted by Gasteiger charge is -2.33. The zero-order valence-corrected chi connectivity index (χ0v) is 13.7. The summed E-state index contributed by atoms with van der Waals surface area (Å²) >= 11 is 0. The van der Waals surface area contributed by atoms with Gasteiger partial charge in [-0.15, -0.1) is 0 Å². The van der Waals surface area contributed by atoms with E-state index in [0.29, 0.717) is 18.6 Å². The molecule has 4 heteroatoms. The fraction of sp³-hybridized carbons (Fsp3) is 0.350. The van der Waals surface area contributed by atoms with Crippen LogP contribution in [0.4, 0.5) is 4.39 Å². The van der Waals surface area contributed by atoms with Gasteiger partial charge in [-0.3, -0.25) is 9.69 Å². The van der Waals surface area contributed by atoms with E-state index in [4.69, 9.17) is 4.74 Å². The van der Waals surface area contributed by atoms with E-state index in [1.807, 2.05) is 18.2 Å². The molecule has 0 unspecified atom stereocenters. The summed E-state index contributed by atoms with van der Waals surface area (Å²) in [5.41, 5.74) is 1.78. The Balaban J connectivity index is 1.46.